The van der Waals surface area contributed by atoms with Crippen LogP contribution in [0.1, 0.15) is 20.3 Å². The smallest absolute Gasteiger partial charge is 0.238 e. The highest BCUT2D eigenvalue weighted by atomic mass is 35.5. The van der Waals surface area contributed by atoms with E-state index in [1.165, 1.54) is 5.69 Å². The van der Waals surface area contributed by atoms with E-state index in [9.17, 15) is 4.79 Å². The number of nitrogens with one attached hydrogen (secondary N) is 2. The van der Waals surface area contributed by atoms with Crippen molar-refractivity contribution in [1.82, 2.24) is 9.80 Å². The fourth-order valence-corrected chi connectivity index (χ4v) is 4.32. The molecule has 6 nitrogen and oxygen atoms in total. The highest BCUT2D eigenvalue weighted by molar-refractivity contribution is 7.80. The van der Waals surface area contributed by atoms with Gasteiger partial charge in [-0.1, -0.05) is 23.7 Å². The summed E-state index contributed by atoms with van der Waals surface area (Å²) in [5.41, 5.74) is 2.85. The molecule has 32 heavy (non-hydrogen) atoms. The lowest BCUT2D eigenvalue weighted by Crippen LogP contribution is -2.39. The van der Waals surface area contributed by atoms with Crippen molar-refractivity contribution in [1.29, 1.82) is 0 Å². The highest BCUT2D eigenvalue weighted by Crippen LogP contribution is 2.21. The molecule has 1 aliphatic rings. The molecule has 1 fully saturated rings. The molecule has 0 aromatic heterocycles. The number of hydrogen-bond acceptors (Lipinski definition) is 4. The van der Waals surface area contributed by atoms with E-state index < -0.39 is 0 Å². The van der Waals surface area contributed by atoms with Crippen LogP contribution in [0.5, 0.6) is 0 Å². The minimum Gasteiger partial charge on any atom is -0.372 e. The number of halogens is 1. The largest absolute Gasteiger partial charge is 0.372 e. The third-order valence-corrected chi connectivity index (χ3v) is 6.33. The summed E-state index contributed by atoms with van der Waals surface area (Å²) in [7, 11) is 0. The highest BCUT2D eigenvalue weighted by Gasteiger charge is 2.19. The Bertz CT molecular complexity index is 904. The standard InChI is InChI=1S/C24H32ClN5OS/c1-3-29(4-2)20-12-10-19(11-13-20)26-24(32)30-15-7-14-28(16-17-30)18-23(31)27-22-9-6-5-8-21(22)25/h5-6,8-13H,3-4,7,14-18H2,1-2H3,(H,26,32)(H,27,31). The van der Waals surface area contributed by atoms with Gasteiger partial charge in [0, 0.05) is 50.6 Å². The van der Waals surface area contributed by atoms with Gasteiger partial charge in [0.1, 0.15) is 0 Å². The molecule has 172 valence electrons. The Kier molecular flexibility index (Phi) is 9.14. The van der Waals surface area contributed by atoms with Crippen LogP contribution in [0.15, 0.2) is 48.5 Å². The summed E-state index contributed by atoms with van der Waals surface area (Å²) in [4.78, 5) is 19.1. The van der Waals surface area contributed by atoms with E-state index in [0.717, 1.165) is 56.5 Å². The van der Waals surface area contributed by atoms with Gasteiger partial charge in [-0.3, -0.25) is 9.69 Å². The summed E-state index contributed by atoms with van der Waals surface area (Å²) >= 11 is 11.8. The first-order valence-corrected chi connectivity index (χ1v) is 12.0. The number of amides is 1. The molecule has 0 atom stereocenters. The molecule has 2 aromatic rings. The first kappa shape index (κ1) is 24.3. The van der Waals surface area contributed by atoms with E-state index in [2.05, 4.69) is 63.4 Å². The number of hydrogen-bond donors (Lipinski definition) is 2. The molecular formula is C24H32ClN5OS. The lowest BCUT2D eigenvalue weighted by Gasteiger charge is -2.25. The van der Waals surface area contributed by atoms with Crippen LogP contribution in [-0.4, -0.2) is 66.6 Å². The van der Waals surface area contributed by atoms with Crippen LogP contribution in [0.3, 0.4) is 0 Å². The molecule has 0 radical (unpaired) electrons. The number of rotatable bonds is 7. The van der Waals surface area contributed by atoms with Crippen LogP contribution in [0.4, 0.5) is 17.1 Å². The van der Waals surface area contributed by atoms with Gasteiger partial charge in [-0.25, -0.2) is 0 Å². The topological polar surface area (TPSA) is 50.9 Å². The van der Waals surface area contributed by atoms with Gasteiger partial charge < -0.3 is 20.4 Å². The number of nitrogens with zero attached hydrogens (tertiary/aromatic N) is 3. The lowest BCUT2D eigenvalue weighted by molar-refractivity contribution is -0.117. The molecule has 0 aliphatic carbocycles. The van der Waals surface area contributed by atoms with Crippen molar-refractivity contribution in [2.24, 2.45) is 0 Å². The fraction of sp³-hybridized carbons (Fsp3) is 0.417. The van der Waals surface area contributed by atoms with Gasteiger partial charge in [0.2, 0.25) is 5.91 Å². The third-order valence-electron chi connectivity index (χ3n) is 5.64. The molecule has 1 amide bonds. The maximum atomic E-state index is 12.5. The average Bonchev–Trinajstić information content (AvgIpc) is 3.03. The van der Waals surface area contributed by atoms with Crippen molar-refractivity contribution in [3.63, 3.8) is 0 Å². The molecule has 0 spiro atoms. The Labute approximate surface area is 201 Å². The molecule has 8 heteroatoms. The summed E-state index contributed by atoms with van der Waals surface area (Å²) in [5, 5.41) is 7.53. The normalized spacial score (nSPS) is 14.5. The van der Waals surface area contributed by atoms with Crippen LogP contribution in [0.25, 0.3) is 0 Å². The second-order valence-corrected chi connectivity index (χ2v) is 8.59. The molecule has 3 rings (SSSR count). The van der Waals surface area contributed by atoms with Crippen molar-refractivity contribution in [2.75, 3.05) is 61.3 Å². The molecule has 1 heterocycles. The minimum atomic E-state index is -0.0551. The van der Waals surface area contributed by atoms with Gasteiger partial charge >= 0.3 is 0 Å². The van der Waals surface area contributed by atoms with Gasteiger partial charge in [-0.2, -0.15) is 0 Å². The first-order valence-electron chi connectivity index (χ1n) is 11.2. The monoisotopic (exact) mass is 473 g/mol. The molecule has 0 saturated carbocycles. The average molecular weight is 474 g/mol. The molecule has 2 N–H and O–H groups in total. The van der Waals surface area contributed by atoms with Crippen molar-refractivity contribution >= 4 is 51.9 Å². The van der Waals surface area contributed by atoms with Gasteiger partial charge in [0.25, 0.3) is 0 Å². The number of anilines is 3. The Morgan fingerprint density at radius 1 is 1.00 bits per heavy atom. The zero-order valence-electron chi connectivity index (χ0n) is 18.8. The van der Waals surface area contributed by atoms with Crippen molar-refractivity contribution in [3.8, 4) is 0 Å². The molecule has 0 unspecified atom stereocenters. The maximum absolute atomic E-state index is 12.5. The fourth-order valence-electron chi connectivity index (χ4n) is 3.83. The van der Waals surface area contributed by atoms with Crippen LogP contribution in [0.2, 0.25) is 5.02 Å². The maximum Gasteiger partial charge on any atom is 0.238 e. The SMILES string of the molecule is CCN(CC)c1ccc(NC(=S)N2CCCN(CC(=O)Nc3ccccc3Cl)CC2)cc1. The number of carbonyl (C=O) groups is 1. The number of para-hydroxylation sites is 1. The summed E-state index contributed by atoms with van der Waals surface area (Å²) in [6, 6.07) is 15.7. The number of benzene rings is 2. The molecular weight excluding hydrogens is 442 g/mol. The second kappa shape index (κ2) is 12.0. The van der Waals surface area contributed by atoms with E-state index >= 15 is 0 Å². The van der Waals surface area contributed by atoms with Gasteiger partial charge in [0.05, 0.1) is 17.3 Å². The molecule has 1 saturated heterocycles. The Balaban J connectivity index is 1.48. The van der Waals surface area contributed by atoms with E-state index in [0.29, 0.717) is 17.3 Å². The van der Waals surface area contributed by atoms with E-state index in [-0.39, 0.29) is 5.91 Å². The summed E-state index contributed by atoms with van der Waals surface area (Å²) < 4.78 is 0. The van der Waals surface area contributed by atoms with Gasteiger partial charge in [0.15, 0.2) is 5.11 Å². The summed E-state index contributed by atoms with van der Waals surface area (Å²) in [5.74, 6) is -0.0551. The number of thiocarbonyl (C=S) groups is 1. The minimum absolute atomic E-state index is 0.0551. The van der Waals surface area contributed by atoms with Gasteiger partial charge in [-0.15, -0.1) is 0 Å². The Morgan fingerprint density at radius 2 is 1.72 bits per heavy atom. The Hall–Kier alpha value is -2.35. The third kappa shape index (κ3) is 6.82. The molecule has 2 aromatic carbocycles. The zero-order chi connectivity index (χ0) is 22.9. The second-order valence-electron chi connectivity index (χ2n) is 7.79. The lowest BCUT2D eigenvalue weighted by atomic mass is 10.2. The van der Waals surface area contributed by atoms with Crippen molar-refractivity contribution in [3.05, 3.63) is 53.6 Å². The van der Waals surface area contributed by atoms with Crippen LogP contribution < -0.4 is 15.5 Å². The van der Waals surface area contributed by atoms with Crippen LogP contribution >= 0.6 is 23.8 Å². The summed E-state index contributed by atoms with van der Waals surface area (Å²) in [6.45, 7) is 9.92. The zero-order valence-corrected chi connectivity index (χ0v) is 20.4. The molecule has 1 aliphatic heterocycles. The first-order chi connectivity index (χ1) is 15.5. The Morgan fingerprint density at radius 3 is 2.41 bits per heavy atom. The van der Waals surface area contributed by atoms with Crippen LogP contribution in [0, 0.1) is 0 Å². The molecule has 0 bridgehead atoms. The van der Waals surface area contributed by atoms with E-state index in [1.807, 2.05) is 18.2 Å². The van der Waals surface area contributed by atoms with Crippen LogP contribution in [-0.2, 0) is 4.79 Å². The van der Waals surface area contributed by atoms with Gasteiger partial charge in [-0.05, 0) is 68.9 Å². The van der Waals surface area contributed by atoms with E-state index in [4.69, 9.17) is 23.8 Å². The van der Waals surface area contributed by atoms with Crippen molar-refractivity contribution in [2.45, 2.75) is 20.3 Å². The van der Waals surface area contributed by atoms with E-state index in [1.54, 1.807) is 6.07 Å². The summed E-state index contributed by atoms with van der Waals surface area (Å²) in [6.07, 6.45) is 0.947. The van der Waals surface area contributed by atoms with Crippen molar-refractivity contribution < 1.29 is 4.79 Å². The predicted octanol–water partition coefficient (Wildman–Crippen LogP) is 4.53. The quantitative estimate of drug-likeness (QED) is 0.576. The predicted molar refractivity (Wildman–Crippen MR) is 139 cm³/mol. The number of carbonyl (C=O) groups excluding carboxylic acids is 1.